The summed E-state index contributed by atoms with van der Waals surface area (Å²) in [6, 6.07) is 7.78. The van der Waals surface area contributed by atoms with E-state index in [4.69, 9.17) is 0 Å². The molecule has 1 aromatic heterocycles. The molecule has 24 heavy (non-hydrogen) atoms. The highest BCUT2D eigenvalue weighted by molar-refractivity contribution is 5.92. The van der Waals surface area contributed by atoms with Crippen molar-refractivity contribution in [1.82, 2.24) is 9.55 Å². The first-order valence-corrected chi connectivity index (χ1v) is 8.79. The number of unbranched alkanes of at least 4 members (excludes halogenated alkanes) is 6. The molecule has 1 amide bonds. The fourth-order valence-corrected chi connectivity index (χ4v) is 2.70. The van der Waals surface area contributed by atoms with Gasteiger partial charge in [0, 0.05) is 18.8 Å². The third kappa shape index (κ3) is 6.03. The van der Waals surface area contributed by atoms with Crippen molar-refractivity contribution in [2.75, 3.05) is 5.32 Å². The molecule has 2 aromatic rings. The lowest BCUT2D eigenvalue weighted by atomic mass is 10.1. The number of nitrogens with one attached hydrogen (secondary N) is 1. The maximum absolute atomic E-state index is 12.2. The largest absolute Gasteiger partial charge is 0.324 e. The number of para-hydroxylation sites is 2. The van der Waals surface area contributed by atoms with Crippen molar-refractivity contribution in [2.24, 2.45) is 0 Å². The highest BCUT2D eigenvalue weighted by Gasteiger charge is 2.07. The van der Waals surface area contributed by atoms with Crippen molar-refractivity contribution in [3.8, 4) is 5.69 Å². The molecule has 0 spiro atoms. The van der Waals surface area contributed by atoms with Gasteiger partial charge >= 0.3 is 0 Å². The minimum atomic E-state index is 0.0780. The quantitative estimate of drug-likeness (QED) is 0.460. The molecule has 1 aromatic carbocycles. The Morgan fingerprint density at radius 3 is 2.62 bits per heavy atom. The molecule has 0 aliphatic heterocycles. The van der Waals surface area contributed by atoms with E-state index in [0.29, 0.717) is 6.42 Å². The fourth-order valence-electron chi connectivity index (χ4n) is 2.70. The third-order valence-electron chi connectivity index (χ3n) is 4.02. The van der Waals surface area contributed by atoms with Crippen LogP contribution in [0.2, 0.25) is 0 Å². The Balaban J connectivity index is 1.71. The van der Waals surface area contributed by atoms with E-state index in [1.807, 2.05) is 41.1 Å². The van der Waals surface area contributed by atoms with Gasteiger partial charge in [-0.25, -0.2) is 4.98 Å². The summed E-state index contributed by atoms with van der Waals surface area (Å²) in [6.45, 7) is 3.73. The molecule has 0 radical (unpaired) electrons. The molecule has 0 saturated heterocycles. The van der Waals surface area contributed by atoms with Crippen molar-refractivity contribution in [3.63, 3.8) is 0 Å². The smallest absolute Gasteiger partial charge is 0.224 e. The second-order valence-corrected chi connectivity index (χ2v) is 5.98. The molecular formula is C20H27N3O. The van der Waals surface area contributed by atoms with Gasteiger partial charge in [0.15, 0.2) is 0 Å². The second kappa shape index (κ2) is 10.4. The summed E-state index contributed by atoms with van der Waals surface area (Å²) < 4.78 is 1.90. The van der Waals surface area contributed by atoms with E-state index in [1.165, 1.54) is 25.7 Å². The fraction of sp³-hybridized carbons (Fsp3) is 0.400. The van der Waals surface area contributed by atoms with E-state index in [0.717, 1.165) is 30.6 Å². The van der Waals surface area contributed by atoms with Crippen LogP contribution >= 0.6 is 0 Å². The average molecular weight is 325 g/mol. The molecule has 128 valence electrons. The molecule has 0 fully saturated rings. The zero-order valence-electron chi connectivity index (χ0n) is 14.3. The van der Waals surface area contributed by atoms with Crippen LogP contribution in [0.15, 0.2) is 55.6 Å². The number of allylic oxidation sites excluding steroid dienone is 1. The van der Waals surface area contributed by atoms with Gasteiger partial charge in [0.1, 0.15) is 0 Å². The number of amides is 1. The summed E-state index contributed by atoms with van der Waals surface area (Å²) in [5.41, 5.74) is 1.76. The van der Waals surface area contributed by atoms with E-state index in [9.17, 15) is 4.79 Å². The Bertz CT molecular complexity index is 620. The maximum atomic E-state index is 12.2. The first-order chi connectivity index (χ1) is 11.8. The zero-order valence-corrected chi connectivity index (χ0v) is 14.3. The van der Waals surface area contributed by atoms with Gasteiger partial charge in [-0.2, -0.15) is 0 Å². The van der Waals surface area contributed by atoms with Gasteiger partial charge in [0.2, 0.25) is 5.91 Å². The summed E-state index contributed by atoms with van der Waals surface area (Å²) in [7, 11) is 0. The Labute approximate surface area is 144 Å². The van der Waals surface area contributed by atoms with Gasteiger partial charge in [-0.3, -0.25) is 4.79 Å². The van der Waals surface area contributed by atoms with Crippen LogP contribution in [0.3, 0.4) is 0 Å². The first-order valence-electron chi connectivity index (χ1n) is 8.79. The number of carbonyl (C=O) groups is 1. The molecule has 0 aliphatic carbocycles. The predicted molar refractivity (Wildman–Crippen MR) is 99.3 cm³/mol. The molecule has 4 heteroatoms. The summed E-state index contributed by atoms with van der Waals surface area (Å²) in [4.78, 5) is 16.2. The Morgan fingerprint density at radius 2 is 1.88 bits per heavy atom. The molecule has 1 N–H and O–H groups in total. The molecule has 0 aliphatic rings. The third-order valence-corrected chi connectivity index (χ3v) is 4.02. The van der Waals surface area contributed by atoms with E-state index in [-0.39, 0.29) is 5.91 Å². The summed E-state index contributed by atoms with van der Waals surface area (Å²) >= 11 is 0. The van der Waals surface area contributed by atoms with Gasteiger partial charge in [-0.1, -0.05) is 43.9 Å². The lowest BCUT2D eigenvalue weighted by Gasteiger charge is -2.11. The lowest BCUT2D eigenvalue weighted by molar-refractivity contribution is -0.116. The van der Waals surface area contributed by atoms with E-state index >= 15 is 0 Å². The van der Waals surface area contributed by atoms with E-state index < -0.39 is 0 Å². The van der Waals surface area contributed by atoms with Crippen LogP contribution in [0.5, 0.6) is 0 Å². The first kappa shape index (κ1) is 18.0. The number of anilines is 1. The summed E-state index contributed by atoms with van der Waals surface area (Å²) in [5, 5.41) is 3.02. The minimum absolute atomic E-state index is 0.0780. The monoisotopic (exact) mass is 325 g/mol. The topological polar surface area (TPSA) is 46.9 Å². The average Bonchev–Trinajstić information content (AvgIpc) is 3.12. The number of benzene rings is 1. The van der Waals surface area contributed by atoms with Crippen LogP contribution < -0.4 is 5.32 Å². The highest BCUT2D eigenvalue weighted by Crippen LogP contribution is 2.20. The number of aromatic nitrogens is 2. The Hall–Kier alpha value is -2.36. The molecule has 1 heterocycles. The highest BCUT2D eigenvalue weighted by atomic mass is 16.1. The molecular weight excluding hydrogens is 298 g/mol. The van der Waals surface area contributed by atoms with Crippen molar-refractivity contribution in [3.05, 3.63) is 55.6 Å². The SMILES string of the molecule is C=CCCCCCCCCC(=O)Nc1ccccc1-n1ccnc1. The molecule has 0 saturated carbocycles. The Morgan fingerprint density at radius 1 is 1.12 bits per heavy atom. The number of hydrogen-bond acceptors (Lipinski definition) is 2. The molecule has 0 atom stereocenters. The van der Waals surface area contributed by atoms with Crippen LogP contribution in [0, 0.1) is 0 Å². The molecule has 2 rings (SSSR count). The standard InChI is InChI=1S/C20H27N3O/c1-2-3-4-5-6-7-8-9-14-20(24)22-18-12-10-11-13-19(18)23-16-15-21-17-23/h2,10-13,15-17H,1,3-9,14H2,(H,22,24). The van der Waals surface area contributed by atoms with Crippen LogP contribution in [0.4, 0.5) is 5.69 Å². The lowest BCUT2D eigenvalue weighted by Crippen LogP contribution is -2.13. The van der Waals surface area contributed by atoms with E-state index in [1.54, 1.807) is 12.5 Å². The summed E-state index contributed by atoms with van der Waals surface area (Å²) in [5.74, 6) is 0.0780. The van der Waals surface area contributed by atoms with Crippen LogP contribution in [0.1, 0.15) is 51.4 Å². The number of hydrogen-bond donors (Lipinski definition) is 1. The Kier molecular flexibility index (Phi) is 7.81. The number of rotatable bonds is 11. The van der Waals surface area contributed by atoms with Crippen LogP contribution in [-0.2, 0) is 4.79 Å². The van der Waals surface area contributed by atoms with Crippen molar-refractivity contribution in [2.45, 2.75) is 51.4 Å². The van der Waals surface area contributed by atoms with Gasteiger partial charge in [-0.05, 0) is 31.4 Å². The number of imidazole rings is 1. The van der Waals surface area contributed by atoms with Crippen molar-refractivity contribution < 1.29 is 4.79 Å². The zero-order chi connectivity index (χ0) is 17.0. The number of nitrogens with zero attached hydrogens (tertiary/aromatic N) is 2. The van der Waals surface area contributed by atoms with Crippen LogP contribution in [-0.4, -0.2) is 15.5 Å². The number of carbonyl (C=O) groups excluding carboxylic acids is 1. The maximum Gasteiger partial charge on any atom is 0.224 e. The van der Waals surface area contributed by atoms with E-state index in [2.05, 4.69) is 16.9 Å². The minimum Gasteiger partial charge on any atom is -0.324 e. The predicted octanol–water partition coefficient (Wildman–Crippen LogP) is 5.12. The van der Waals surface area contributed by atoms with Gasteiger partial charge in [0.05, 0.1) is 17.7 Å². The van der Waals surface area contributed by atoms with Crippen molar-refractivity contribution in [1.29, 1.82) is 0 Å². The molecule has 0 bridgehead atoms. The van der Waals surface area contributed by atoms with Gasteiger partial charge in [-0.15, -0.1) is 6.58 Å². The second-order valence-electron chi connectivity index (χ2n) is 5.98. The van der Waals surface area contributed by atoms with Crippen LogP contribution in [0.25, 0.3) is 5.69 Å². The van der Waals surface area contributed by atoms with Gasteiger partial charge < -0.3 is 9.88 Å². The molecule has 4 nitrogen and oxygen atoms in total. The molecule has 0 unspecified atom stereocenters. The van der Waals surface area contributed by atoms with Crippen molar-refractivity contribution >= 4 is 11.6 Å². The van der Waals surface area contributed by atoms with Gasteiger partial charge in [0.25, 0.3) is 0 Å². The normalized spacial score (nSPS) is 10.5. The summed E-state index contributed by atoms with van der Waals surface area (Å²) in [6.07, 6.45) is 16.0.